The highest BCUT2D eigenvalue weighted by Crippen LogP contribution is 2.33. The molecule has 8 atom stereocenters. The maximum absolute atomic E-state index is 14.3. The van der Waals surface area contributed by atoms with Gasteiger partial charge in [-0.1, -0.05) is 73.1 Å². The highest BCUT2D eigenvalue weighted by molar-refractivity contribution is 5.90. The normalized spacial score (nSPS) is 18.8. The number of carbonyl (C=O) groups excluding carboxylic acids is 4. The summed E-state index contributed by atoms with van der Waals surface area (Å²) in [6, 6.07) is 9.11. The molecule has 1 aliphatic rings. The Labute approximate surface area is 325 Å². The van der Waals surface area contributed by atoms with Crippen molar-refractivity contribution >= 4 is 34.3 Å². The Balaban J connectivity index is 1.73. The number of ether oxygens (including phenoxy) is 1. The van der Waals surface area contributed by atoms with E-state index in [0.29, 0.717) is 19.4 Å². The Morgan fingerprint density at radius 3 is 2.24 bits per heavy atom. The number of aryl methyl sites for hydroxylation is 1. The molecule has 54 heavy (non-hydrogen) atoms. The molecule has 1 aromatic carbocycles. The third-order valence-corrected chi connectivity index (χ3v) is 12.2. The van der Waals surface area contributed by atoms with Crippen LogP contribution in [0.25, 0.3) is 10.9 Å². The summed E-state index contributed by atoms with van der Waals surface area (Å²) in [5.41, 5.74) is 2.11. The largest absolute Gasteiger partial charge is 0.396 e. The summed E-state index contributed by atoms with van der Waals surface area (Å²) in [5, 5.41) is 11.7. The molecule has 1 aliphatic heterocycles. The fourth-order valence-electron chi connectivity index (χ4n) is 8.93. The van der Waals surface area contributed by atoms with Gasteiger partial charge in [0.2, 0.25) is 11.8 Å². The Morgan fingerprint density at radius 2 is 1.65 bits per heavy atom. The van der Waals surface area contributed by atoms with Crippen LogP contribution >= 0.6 is 0 Å². The van der Waals surface area contributed by atoms with Crippen LogP contribution in [0.5, 0.6) is 0 Å². The number of likely N-dealkylation sites (tertiary alicyclic amines) is 1. The average Bonchev–Trinajstić information content (AvgIpc) is 3.62. The van der Waals surface area contributed by atoms with Crippen molar-refractivity contribution in [3.05, 3.63) is 42.1 Å². The molecular formula is C44H70N4O6. The first-order chi connectivity index (χ1) is 25.6. The van der Waals surface area contributed by atoms with E-state index in [-0.39, 0.29) is 78.6 Å². The molecule has 2 heterocycles. The number of pyridine rings is 1. The number of fused-ring (bicyclic) bond motifs is 1. The predicted molar refractivity (Wildman–Crippen MR) is 216 cm³/mol. The van der Waals surface area contributed by atoms with Crippen LogP contribution in [0, 0.1) is 35.5 Å². The number of aliphatic hydroxyl groups is 1. The third-order valence-electron chi connectivity index (χ3n) is 12.2. The minimum absolute atomic E-state index is 0.0211. The fourth-order valence-corrected chi connectivity index (χ4v) is 8.93. The summed E-state index contributed by atoms with van der Waals surface area (Å²) in [4.78, 5) is 65.5. The summed E-state index contributed by atoms with van der Waals surface area (Å²) >= 11 is 0. The van der Waals surface area contributed by atoms with Gasteiger partial charge in [0, 0.05) is 75.5 Å². The van der Waals surface area contributed by atoms with E-state index in [1.807, 2.05) is 89.0 Å². The minimum Gasteiger partial charge on any atom is -0.396 e. The van der Waals surface area contributed by atoms with E-state index in [1.54, 1.807) is 19.1 Å². The van der Waals surface area contributed by atoms with Crippen LogP contribution in [0.15, 0.2) is 36.5 Å². The van der Waals surface area contributed by atoms with Gasteiger partial charge >= 0.3 is 0 Å². The van der Waals surface area contributed by atoms with Gasteiger partial charge in [0.25, 0.3) is 0 Å². The number of methoxy groups -OCH3 is 1. The van der Waals surface area contributed by atoms with Crippen molar-refractivity contribution < 1.29 is 29.0 Å². The van der Waals surface area contributed by atoms with Gasteiger partial charge < -0.3 is 19.6 Å². The van der Waals surface area contributed by atoms with Crippen molar-refractivity contribution in [2.75, 3.05) is 41.4 Å². The van der Waals surface area contributed by atoms with E-state index >= 15 is 0 Å². The van der Waals surface area contributed by atoms with Crippen molar-refractivity contribution in [2.45, 2.75) is 124 Å². The van der Waals surface area contributed by atoms with Crippen LogP contribution in [0.4, 0.5) is 0 Å². The van der Waals surface area contributed by atoms with Gasteiger partial charge in [-0.15, -0.1) is 0 Å². The second kappa shape index (κ2) is 21.2. The molecule has 0 spiro atoms. The van der Waals surface area contributed by atoms with E-state index < -0.39 is 24.0 Å². The van der Waals surface area contributed by atoms with Gasteiger partial charge in [-0.2, -0.15) is 0 Å². The monoisotopic (exact) mass is 751 g/mol. The highest BCUT2D eigenvalue weighted by Gasteiger charge is 2.42. The van der Waals surface area contributed by atoms with Gasteiger partial charge in [-0.25, -0.2) is 0 Å². The van der Waals surface area contributed by atoms with Gasteiger partial charge in [0.05, 0.1) is 30.1 Å². The maximum Gasteiger partial charge on any atom is 0.226 e. The zero-order valence-corrected chi connectivity index (χ0v) is 35.1. The molecule has 1 aromatic heterocycles. The molecule has 10 heteroatoms. The number of aromatic nitrogens is 1. The molecule has 1 fully saturated rings. The molecule has 0 bridgehead atoms. The van der Waals surface area contributed by atoms with E-state index in [4.69, 9.17) is 4.74 Å². The lowest BCUT2D eigenvalue weighted by molar-refractivity contribution is -0.148. The second-order valence-electron chi connectivity index (χ2n) is 16.7. The number of hydrogen-bond acceptors (Lipinski definition) is 8. The van der Waals surface area contributed by atoms with E-state index in [2.05, 4.69) is 24.9 Å². The molecule has 2 aromatic rings. The summed E-state index contributed by atoms with van der Waals surface area (Å²) in [6.07, 6.45) is 5.59. The molecule has 1 saturated heterocycles. The van der Waals surface area contributed by atoms with Crippen LogP contribution < -0.4 is 0 Å². The molecular weight excluding hydrogens is 681 g/mol. The van der Waals surface area contributed by atoms with Crippen molar-refractivity contribution in [2.24, 2.45) is 35.5 Å². The number of rotatable bonds is 22. The summed E-state index contributed by atoms with van der Waals surface area (Å²) in [7, 11) is 7.18. The number of ketones is 2. The molecule has 2 amide bonds. The molecule has 10 nitrogen and oxygen atoms in total. The van der Waals surface area contributed by atoms with Crippen molar-refractivity contribution in [3.63, 3.8) is 0 Å². The Bertz CT molecular complexity index is 1510. The smallest absolute Gasteiger partial charge is 0.226 e. The summed E-state index contributed by atoms with van der Waals surface area (Å²) in [6.45, 7) is 14.4. The van der Waals surface area contributed by atoms with Crippen LogP contribution in [0.1, 0.15) is 99.0 Å². The Morgan fingerprint density at radius 1 is 0.963 bits per heavy atom. The zero-order chi connectivity index (χ0) is 40.3. The molecule has 0 aliphatic carbocycles. The maximum atomic E-state index is 14.3. The van der Waals surface area contributed by atoms with Crippen LogP contribution in [-0.4, -0.2) is 114 Å². The molecule has 0 radical (unpaired) electrons. The number of nitrogens with zero attached hydrogens (tertiary/aromatic N) is 4. The highest BCUT2D eigenvalue weighted by atomic mass is 16.5. The first-order valence-corrected chi connectivity index (χ1v) is 20.3. The lowest BCUT2D eigenvalue weighted by Crippen LogP contribution is -2.54. The predicted octanol–water partition coefficient (Wildman–Crippen LogP) is 6.46. The minimum atomic E-state index is -0.577. The molecule has 0 saturated carbocycles. The lowest BCUT2D eigenvalue weighted by atomic mass is 9.82. The van der Waals surface area contributed by atoms with Gasteiger partial charge in [-0.3, -0.25) is 29.1 Å². The summed E-state index contributed by atoms with van der Waals surface area (Å²) < 4.78 is 6.05. The number of benzene rings is 1. The Hall–Kier alpha value is -3.21. The standard InChI is InChI=1S/C44H70N4O6/c1-12-30(6)43(47(10)44(53)34(28(2)3)25-39(51)42(29(4)5)46(8)9)40(54-11)26-41(52)48-24-16-20-37(48)35(27-49)31(7)38(50)21-15-17-32-22-23-45-36-19-14-13-18-33(32)36/h13-14,18-19,22-23,28-31,34-35,37,40,42-43,49H,12,15-17,20-21,24-27H2,1-11H3/t30-,31+,34-,35+,37-,40+,42-,43?/m0/s1. The van der Waals surface area contributed by atoms with E-state index in [0.717, 1.165) is 36.6 Å². The number of aliphatic hydroxyl groups excluding tert-OH is 1. The Kier molecular flexibility index (Phi) is 17.7. The van der Waals surface area contributed by atoms with Gasteiger partial charge in [0.1, 0.15) is 5.78 Å². The van der Waals surface area contributed by atoms with Crippen LogP contribution in [0.2, 0.25) is 0 Å². The van der Waals surface area contributed by atoms with Crippen LogP contribution in [-0.2, 0) is 30.3 Å². The quantitative estimate of drug-likeness (QED) is 0.146. The van der Waals surface area contributed by atoms with Gasteiger partial charge in [0.15, 0.2) is 5.78 Å². The van der Waals surface area contributed by atoms with E-state index in [1.165, 1.54) is 5.56 Å². The van der Waals surface area contributed by atoms with Crippen molar-refractivity contribution in [1.29, 1.82) is 0 Å². The SMILES string of the molecule is CC[C@H](C)C([C@@H](CC(=O)N1CCC[C@H]1[C@H](CO)[C@@H](C)C(=O)CCCc1ccnc2ccccc12)OC)N(C)C(=O)[C@@H](CC(=O)[C@H](C(C)C)N(C)C)C(C)C. The number of hydrogen-bond donors (Lipinski definition) is 1. The van der Waals surface area contributed by atoms with Crippen molar-refractivity contribution in [3.8, 4) is 0 Å². The molecule has 1 unspecified atom stereocenters. The first-order valence-electron chi connectivity index (χ1n) is 20.3. The fraction of sp³-hybridized carbons (Fsp3) is 0.705. The molecule has 1 N–H and O–H groups in total. The topological polar surface area (TPSA) is 120 Å². The lowest BCUT2D eigenvalue weighted by Gasteiger charge is -2.41. The number of likely N-dealkylation sites (N-methyl/N-ethyl adjacent to an activating group) is 2. The average molecular weight is 751 g/mol. The molecule has 3 rings (SSSR count). The number of para-hydroxylation sites is 1. The number of amides is 2. The van der Waals surface area contributed by atoms with E-state index in [9.17, 15) is 24.3 Å². The third kappa shape index (κ3) is 11.2. The number of carbonyl (C=O) groups is 4. The first kappa shape index (κ1) is 45.2. The summed E-state index contributed by atoms with van der Waals surface area (Å²) in [5.74, 6) is -1.24. The number of Topliss-reactive ketones (excluding diaryl/α,β-unsaturated/α-hetero) is 2. The van der Waals surface area contributed by atoms with Crippen molar-refractivity contribution in [1.82, 2.24) is 19.7 Å². The van der Waals surface area contributed by atoms with Crippen LogP contribution in [0.3, 0.4) is 0 Å². The zero-order valence-electron chi connectivity index (χ0n) is 35.1. The van der Waals surface area contributed by atoms with Gasteiger partial charge in [-0.05, 0) is 75.2 Å². The second-order valence-corrected chi connectivity index (χ2v) is 16.7. The molecule has 302 valence electrons.